The number of nitrogens with zero attached hydrogens (tertiary/aromatic N) is 2. The number of aromatic nitrogens is 1. The van der Waals surface area contributed by atoms with Crippen LogP contribution in [0.5, 0.6) is 0 Å². The summed E-state index contributed by atoms with van der Waals surface area (Å²) in [6.45, 7) is 4.19. The first-order valence-electron chi connectivity index (χ1n) is 5.40. The molecule has 5 nitrogen and oxygen atoms in total. The smallest absolute Gasteiger partial charge is 0.252 e. The van der Waals surface area contributed by atoms with Gasteiger partial charge in [-0.1, -0.05) is 0 Å². The predicted molar refractivity (Wildman–Crippen MR) is 64.3 cm³/mol. The van der Waals surface area contributed by atoms with Crippen molar-refractivity contribution in [2.24, 2.45) is 11.5 Å². The maximum atomic E-state index is 11.2. The molecule has 88 valence electrons. The van der Waals surface area contributed by atoms with E-state index in [-0.39, 0.29) is 0 Å². The average molecular weight is 222 g/mol. The van der Waals surface area contributed by atoms with Crippen LogP contribution in [0.1, 0.15) is 23.7 Å². The Balaban J connectivity index is 2.94. The van der Waals surface area contributed by atoms with Crippen LogP contribution in [0.15, 0.2) is 18.3 Å². The zero-order valence-corrected chi connectivity index (χ0v) is 9.52. The quantitative estimate of drug-likeness (QED) is 0.727. The molecule has 0 aliphatic carbocycles. The standard InChI is InChI=1S/C11H18N4O/c1-2-15(8-4-6-12)11-9(10(13)16)5-3-7-14-11/h3,5,7H,2,4,6,8,12H2,1H3,(H2,13,16). The van der Waals surface area contributed by atoms with Gasteiger partial charge in [0.25, 0.3) is 5.91 Å². The minimum Gasteiger partial charge on any atom is -0.365 e. The van der Waals surface area contributed by atoms with Gasteiger partial charge in [-0.15, -0.1) is 0 Å². The van der Waals surface area contributed by atoms with Gasteiger partial charge in [0.05, 0.1) is 5.56 Å². The number of carbonyl (C=O) groups excluding carboxylic acids is 1. The van der Waals surface area contributed by atoms with Crippen LogP contribution in [0, 0.1) is 0 Å². The summed E-state index contributed by atoms with van der Waals surface area (Å²) in [7, 11) is 0. The molecule has 0 saturated heterocycles. The van der Waals surface area contributed by atoms with E-state index in [9.17, 15) is 4.79 Å². The van der Waals surface area contributed by atoms with Crippen molar-refractivity contribution in [3.63, 3.8) is 0 Å². The Hall–Kier alpha value is -1.62. The van der Waals surface area contributed by atoms with Gasteiger partial charge < -0.3 is 16.4 Å². The number of amides is 1. The van der Waals surface area contributed by atoms with Crippen molar-refractivity contribution in [3.05, 3.63) is 23.9 Å². The molecule has 0 radical (unpaired) electrons. The zero-order chi connectivity index (χ0) is 12.0. The molecule has 1 heterocycles. The van der Waals surface area contributed by atoms with Crippen LogP contribution in [0.3, 0.4) is 0 Å². The van der Waals surface area contributed by atoms with Gasteiger partial charge >= 0.3 is 0 Å². The number of pyridine rings is 1. The van der Waals surface area contributed by atoms with E-state index in [1.165, 1.54) is 0 Å². The molecule has 0 aromatic carbocycles. The first-order chi connectivity index (χ1) is 7.70. The van der Waals surface area contributed by atoms with Gasteiger partial charge in [-0.3, -0.25) is 4.79 Å². The molecule has 0 saturated carbocycles. The van der Waals surface area contributed by atoms with E-state index in [4.69, 9.17) is 11.5 Å². The van der Waals surface area contributed by atoms with Crippen LogP contribution in [0.4, 0.5) is 5.82 Å². The summed E-state index contributed by atoms with van der Waals surface area (Å²) in [6, 6.07) is 3.40. The van der Waals surface area contributed by atoms with Crippen LogP contribution in [0.25, 0.3) is 0 Å². The molecule has 0 bridgehead atoms. The summed E-state index contributed by atoms with van der Waals surface area (Å²) in [5.74, 6) is 0.195. The third-order valence-corrected chi connectivity index (χ3v) is 2.37. The van der Waals surface area contributed by atoms with Crippen LogP contribution in [-0.4, -0.2) is 30.5 Å². The fourth-order valence-electron chi connectivity index (χ4n) is 1.54. The van der Waals surface area contributed by atoms with E-state index in [1.807, 2.05) is 11.8 Å². The van der Waals surface area contributed by atoms with Crippen molar-refractivity contribution in [2.75, 3.05) is 24.5 Å². The summed E-state index contributed by atoms with van der Waals surface area (Å²) in [6.07, 6.45) is 2.52. The molecular weight excluding hydrogens is 204 g/mol. The Bertz CT molecular complexity index is 354. The van der Waals surface area contributed by atoms with Gasteiger partial charge in [0, 0.05) is 19.3 Å². The molecule has 1 rings (SSSR count). The molecule has 5 heteroatoms. The lowest BCUT2D eigenvalue weighted by Crippen LogP contribution is -2.29. The second kappa shape index (κ2) is 6.07. The van der Waals surface area contributed by atoms with Crippen molar-refractivity contribution in [1.29, 1.82) is 0 Å². The molecule has 1 aromatic rings. The summed E-state index contributed by atoms with van der Waals surface area (Å²) in [5, 5.41) is 0. The van der Waals surface area contributed by atoms with Crippen LogP contribution < -0.4 is 16.4 Å². The Morgan fingerprint density at radius 2 is 2.31 bits per heavy atom. The molecule has 0 spiro atoms. The molecular formula is C11H18N4O. The third-order valence-electron chi connectivity index (χ3n) is 2.37. The largest absolute Gasteiger partial charge is 0.365 e. The number of hydrogen-bond donors (Lipinski definition) is 2. The van der Waals surface area contributed by atoms with Crippen molar-refractivity contribution in [2.45, 2.75) is 13.3 Å². The highest BCUT2D eigenvalue weighted by Crippen LogP contribution is 2.16. The van der Waals surface area contributed by atoms with E-state index >= 15 is 0 Å². The number of nitrogens with two attached hydrogens (primary N) is 2. The fourth-order valence-corrected chi connectivity index (χ4v) is 1.54. The third kappa shape index (κ3) is 2.93. The number of hydrogen-bond acceptors (Lipinski definition) is 4. The lowest BCUT2D eigenvalue weighted by atomic mass is 10.2. The number of rotatable bonds is 6. The minimum absolute atomic E-state index is 0.450. The van der Waals surface area contributed by atoms with Gasteiger partial charge in [0.15, 0.2) is 0 Å². The first kappa shape index (κ1) is 12.4. The lowest BCUT2D eigenvalue weighted by molar-refractivity contribution is 0.100. The molecule has 16 heavy (non-hydrogen) atoms. The van der Waals surface area contributed by atoms with Gasteiger partial charge in [-0.25, -0.2) is 4.98 Å². The minimum atomic E-state index is -0.450. The summed E-state index contributed by atoms with van der Waals surface area (Å²) < 4.78 is 0. The maximum Gasteiger partial charge on any atom is 0.252 e. The van der Waals surface area contributed by atoms with Crippen LogP contribution in [-0.2, 0) is 0 Å². The van der Waals surface area contributed by atoms with Crippen molar-refractivity contribution in [3.8, 4) is 0 Å². The van der Waals surface area contributed by atoms with Crippen molar-refractivity contribution >= 4 is 11.7 Å². The monoisotopic (exact) mass is 222 g/mol. The molecule has 1 aromatic heterocycles. The SMILES string of the molecule is CCN(CCCN)c1ncccc1C(N)=O. The van der Waals surface area contributed by atoms with Crippen LogP contribution >= 0.6 is 0 Å². The van der Waals surface area contributed by atoms with Crippen LogP contribution in [0.2, 0.25) is 0 Å². The van der Waals surface area contributed by atoms with Crippen molar-refractivity contribution < 1.29 is 4.79 Å². The molecule has 1 amide bonds. The lowest BCUT2D eigenvalue weighted by Gasteiger charge is -2.23. The fraction of sp³-hybridized carbons (Fsp3) is 0.455. The summed E-state index contributed by atoms with van der Waals surface area (Å²) in [4.78, 5) is 17.5. The van der Waals surface area contributed by atoms with E-state index in [0.29, 0.717) is 17.9 Å². The average Bonchev–Trinajstić information content (AvgIpc) is 2.30. The molecule has 4 N–H and O–H groups in total. The number of carbonyl (C=O) groups is 1. The van der Waals surface area contributed by atoms with E-state index < -0.39 is 5.91 Å². The van der Waals surface area contributed by atoms with Gasteiger partial charge in [-0.2, -0.15) is 0 Å². The molecule has 0 aliphatic heterocycles. The Labute approximate surface area is 95.4 Å². The zero-order valence-electron chi connectivity index (χ0n) is 9.52. The van der Waals surface area contributed by atoms with E-state index in [2.05, 4.69) is 4.98 Å². The molecule has 0 fully saturated rings. The number of primary amides is 1. The Kier molecular flexibility index (Phi) is 4.72. The highest BCUT2D eigenvalue weighted by atomic mass is 16.1. The normalized spacial score (nSPS) is 10.1. The van der Waals surface area contributed by atoms with Gasteiger partial charge in [0.2, 0.25) is 0 Å². The second-order valence-electron chi connectivity index (χ2n) is 3.46. The molecule has 0 atom stereocenters. The van der Waals surface area contributed by atoms with E-state index in [1.54, 1.807) is 18.3 Å². The van der Waals surface area contributed by atoms with Gasteiger partial charge in [0.1, 0.15) is 5.82 Å². The maximum absolute atomic E-state index is 11.2. The Morgan fingerprint density at radius 1 is 1.56 bits per heavy atom. The van der Waals surface area contributed by atoms with Crippen molar-refractivity contribution in [1.82, 2.24) is 4.98 Å². The molecule has 0 aliphatic rings. The highest BCUT2D eigenvalue weighted by Gasteiger charge is 2.13. The second-order valence-corrected chi connectivity index (χ2v) is 3.46. The first-order valence-corrected chi connectivity index (χ1v) is 5.40. The molecule has 0 unspecified atom stereocenters. The Morgan fingerprint density at radius 3 is 2.88 bits per heavy atom. The van der Waals surface area contributed by atoms with Gasteiger partial charge in [-0.05, 0) is 32.0 Å². The highest BCUT2D eigenvalue weighted by molar-refractivity contribution is 5.97. The van der Waals surface area contributed by atoms with E-state index in [0.717, 1.165) is 19.5 Å². The topological polar surface area (TPSA) is 85.2 Å². The summed E-state index contributed by atoms with van der Waals surface area (Å²) in [5.41, 5.74) is 11.2. The number of anilines is 1. The predicted octanol–water partition coefficient (Wildman–Crippen LogP) is 0.356. The summed E-state index contributed by atoms with van der Waals surface area (Å²) >= 11 is 0.